The molecule has 3 rings (SSSR count). The number of guanidine groups is 1. The van der Waals surface area contributed by atoms with Gasteiger partial charge in [-0.05, 0) is 32.6 Å². The van der Waals surface area contributed by atoms with Crippen LogP contribution in [0.3, 0.4) is 0 Å². The zero-order valence-corrected chi connectivity index (χ0v) is 21.9. The molecule has 8 nitrogen and oxygen atoms in total. The summed E-state index contributed by atoms with van der Waals surface area (Å²) in [6, 6.07) is 0. The van der Waals surface area contributed by atoms with Gasteiger partial charge in [0.25, 0.3) is 0 Å². The van der Waals surface area contributed by atoms with Crippen molar-refractivity contribution in [2.45, 2.75) is 71.4 Å². The molecular weight excluding hydrogens is 505 g/mol. The molecule has 0 amide bonds. The van der Waals surface area contributed by atoms with Crippen molar-refractivity contribution >= 4 is 29.9 Å². The van der Waals surface area contributed by atoms with E-state index in [0.717, 1.165) is 76.6 Å². The van der Waals surface area contributed by atoms with Gasteiger partial charge in [-0.15, -0.1) is 34.2 Å². The molecule has 0 bridgehead atoms. The van der Waals surface area contributed by atoms with Crippen LogP contribution in [0.1, 0.15) is 58.7 Å². The number of ether oxygens (including phenoxy) is 1. The lowest BCUT2D eigenvalue weighted by molar-refractivity contribution is -0.00684. The van der Waals surface area contributed by atoms with Crippen LogP contribution in [0.25, 0.3) is 0 Å². The summed E-state index contributed by atoms with van der Waals surface area (Å²) in [5.41, 5.74) is 0.0207. The molecule has 1 aromatic rings. The van der Waals surface area contributed by atoms with Crippen molar-refractivity contribution in [1.29, 1.82) is 0 Å². The van der Waals surface area contributed by atoms with Crippen LogP contribution in [0, 0.1) is 5.92 Å². The van der Waals surface area contributed by atoms with E-state index in [1.165, 1.54) is 32.1 Å². The van der Waals surface area contributed by atoms with Crippen LogP contribution < -0.4 is 10.6 Å². The Morgan fingerprint density at radius 2 is 1.94 bits per heavy atom. The van der Waals surface area contributed by atoms with Crippen molar-refractivity contribution < 1.29 is 4.74 Å². The van der Waals surface area contributed by atoms with Gasteiger partial charge in [0.05, 0.1) is 19.8 Å². The average molecular weight is 548 g/mol. The molecule has 1 aromatic heterocycles. The summed E-state index contributed by atoms with van der Waals surface area (Å²) in [5.74, 6) is 2.72. The van der Waals surface area contributed by atoms with Gasteiger partial charge >= 0.3 is 0 Å². The molecule has 2 aliphatic rings. The second-order valence-electron chi connectivity index (χ2n) is 9.18. The van der Waals surface area contributed by atoms with E-state index in [0.29, 0.717) is 0 Å². The number of aliphatic imine (C=N–C) groups is 1. The first-order valence-corrected chi connectivity index (χ1v) is 11.8. The predicted molar refractivity (Wildman–Crippen MR) is 136 cm³/mol. The molecular formula is C22H42IN7O. The standard InChI is InChI=1S/C22H41N7O.HI/c1-4-20-27-26-18-28(20)11-10-23-21(24-16-19-8-6-5-7-9-19)25-17-22(2,3)29-12-14-30-15-13-29;/h18-19H,4-17H2,1-3H3,(H2,23,24,25);1H. The van der Waals surface area contributed by atoms with Crippen LogP contribution in [-0.4, -0.2) is 77.1 Å². The summed E-state index contributed by atoms with van der Waals surface area (Å²) in [4.78, 5) is 7.48. The highest BCUT2D eigenvalue weighted by molar-refractivity contribution is 14.0. The van der Waals surface area contributed by atoms with E-state index >= 15 is 0 Å². The fourth-order valence-electron chi connectivity index (χ4n) is 4.38. The highest BCUT2D eigenvalue weighted by Gasteiger charge is 2.28. The number of rotatable bonds is 9. The third-order valence-electron chi connectivity index (χ3n) is 6.43. The Kier molecular flexibility index (Phi) is 11.5. The number of hydrogen-bond donors (Lipinski definition) is 2. The van der Waals surface area contributed by atoms with Gasteiger partial charge in [0.1, 0.15) is 12.2 Å². The molecule has 0 atom stereocenters. The Morgan fingerprint density at radius 1 is 1.19 bits per heavy atom. The lowest BCUT2D eigenvalue weighted by atomic mass is 9.89. The topological polar surface area (TPSA) is 79.6 Å². The zero-order valence-electron chi connectivity index (χ0n) is 19.6. The van der Waals surface area contributed by atoms with Crippen LogP contribution in [0.15, 0.2) is 11.3 Å². The van der Waals surface area contributed by atoms with E-state index < -0.39 is 0 Å². The quantitative estimate of drug-likeness (QED) is 0.281. The van der Waals surface area contributed by atoms with Gasteiger partial charge in [-0.2, -0.15) is 0 Å². The highest BCUT2D eigenvalue weighted by Crippen LogP contribution is 2.22. The maximum Gasteiger partial charge on any atom is 0.191 e. The average Bonchev–Trinajstić information content (AvgIpc) is 3.24. The number of halogens is 1. The van der Waals surface area contributed by atoms with E-state index in [9.17, 15) is 0 Å². The second kappa shape index (κ2) is 13.6. The fraction of sp³-hybridized carbons (Fsp3) is 0.864. The Morgan fingerprint density at radius 3 is 2.65 bits per heavy atom. The third-order valence-corrected chi connectivity index (χ3v) is 6.43. The summed E-state index contributed by atoms with van der Waals surface area (Å²) in [5, 5.41) is 15.4. The monoisotopic (exact) mass is 547 g/mol. The molecule has 0 spiro atoms. The largest absolute Gasteiger partial charge is 0.379 e. The van der Waals surface area contributed by atoms with Crippen molar-refractivity contribution in [2.75, 3.05) is 45.9 Å². The van der Waals surface area contributed by atoms with Crippen molar-refractivity contribution in [3.63, 3.8) is 0 Å². The van der Waals surface area contributed by atoms with Gasteiger partial charge in [-0.25, -0.2) is 0 Å². The summed E-state index contributed by atoms with van der Waals surface area (Å²) in [6.45, 7) is 13.7. The minimum atomic E-state index is 0. The maximum atomic E-state index is 5.52. The number of aryl methyl sites for hydroxylation is 1. The predicted octanol–water partition coefficient (Wildman–Crippen LogP) is 2.68. The second-order valence-corrected chi connectivity index (χ2v) is 9.18. The van der Waals surface area contributed by atoms with Crippen LogP contribution in [0.4, 0.5) is 0 Å². The molecule has 1 aliphatic heterocycles. The highest BCUT2D eigenvalue weighted by atomic mass is 127. The van der Waals surface area contributed by atoms with Crippen molar-refractivity contribution in [2.24, 2.45) is 10.9 Å². The SMILES string of the molecule is CCc1nncn1CCNC(=NCC(C)(C)N1CCOCC1)NCC1CCCCC1.I. The lowest BCUT2D eigenvalue weighted by Crippen LogP contribution is -2.52. The smallest absolute Gasteiger partial charge is 0.191 e. The van der Waals surface area contributed by atoms with Crippen LogP contribution in [0.2, 0.25) is 0 Å². The van der Waals surface area contributed by atoms with Crippen molar-refractivity contribution in [3.05, 3.63) is 12.2 Å². The molecule has 2 fully saturated rings. The lowest BCUT2D eigenvalue weighted by Gasteiger charge is -2.40. The Labute approximate surface area is 205 Å². The van der Waals surface area contributed by atoms with Crippen LogP contribution in [0.5, 0.6) is 0 Å². The molecule has 1 saturated heterocycles. The molecule has 178 valence electrons. The van der Waals surface area contributed by atoms with E-state index in [4.69, 9.17) is 9.73 Å². The molecule has 0 radical (unpaired) electrons. The minimum absolute atomic E-state index is 0. The normalized spacial score (nSPS) is 19.1. The Balaban J connectivity index is 0.00000341. The Hall–Kier alpha value is -0.940. The van der Waals surface area contributed by atoms with Crippen molar-refractivity contribution in [1.82, 2.24) is 30.3 Å². The molecule has 1 saturated carbocycles. The van der Waals surface area contributed by atoms with Gasteiger partial charge in [-0.1, -0.05) is 26.2 Å². The van der Waals surface area contributed by atoms with Crippen molar-refractivity contribution in [3.8, 4) is 0 Å². The van der Waals surface area contributed by atoms with E-state index in [1.807, 2.05) is 6.33 Å². The van der Waals surface area contributed by atoms with Crippen LogP contribution in [-0.2, 0) is 17.7 Å². The van der Waals surface area contributed by atoms with Gasteiger partial charge < -0.3 is 19.9 Å². The van der Waals surface area contributed by atoms with Gasteiger partial charge in [0, 0.05) is 44.7 Å². The number of aromatic nitrogens is 3. The molecule has 1 aliphatic carbocycles. The van der Waals surface area contributed by atoms with Gasteiger partial charge in [-0.3, -0.25) is 9.89 Å². The first-order chi connectivity index (χ1) is 14.6. The van der Waals surface area contributed by atoms with E-state index in [2.05, 4.69) is 51.1 Å². The summed E-state index contributed by atoms with van der Waals surface area (Å²) < 4.78 is 7.63. The Bertz CT molecular complexity index is 652. The molecule has 9 heteroatoms. The molecule has 2 heterocycles. The fourth-order valence-corrected chi connectivity index (χ4v) is 4.38. The van der Waals surface area contributed by atoms with E-state index in [1.54, 1.807) is 0 Å². The number of morpholine rings is 1. The van der Waals surface area contributed by atoms with Crippen LogP contribution >= 0.6 is 24.0 Å². The molecule has 2 N–H and O–H groups in total. The number of nitrogens with one attached hydrogen (secondary N) is 2. The van der Waals surface area contributed by atoms with Gasteiger partial charge in [0.15, 0.2) is 5.96 Å². The summed E-state index contributed by atoms with van der Waals surface area (Å²) in [7, 11) is 0. The molecule has 0 aromatic carbocycles. The van der Waals surface area contributed by atoms with Gasteiger partial charge in [0.2, 0.25) is 0 Å². The minimum Gasteiger partial charge on any atom is -0.379 e. The zero-order chi connectivity index (χ0) is 21.2. The summed E-state index contributed by atoms with van der Waals surface area (Å²) in [6.07, 6.45) is 9.50. The molecule has 31 heavy (non-hydrogen) atoms. The number of hydrogen-bond acceptors (Lipinski definition) is 5. The summed E-state index contributed by atoms with van der Waals surface area (Å²) >= 11 is 0. The first-order valence-electron chi connectivity index (χ1n) is 11.8. The third kappa shape index (κ3) is 8.49. The first kappa shape index (κ1) is 26.3. The van der Waals surface area contributed by atoms with E-state index in [-0.39, 0.29) is 29.5 Å². The number of nitrogens with zero attached hydrogens (tertiary/aromatic N) is 5. The maximum absolute atomic E-state index is 5.52. The molecule has 0 unspecified atom stereocenters.